The highest BCUT2D eigenvalue weighted by atomic mass is 16.3. The van der Waals surface area contributed by atoms with Gasteiger partial charge in [0.25, 0.3) is 0 Å². The fraction of sp³-hybridized carbons (Fsp3) is 0.370. The third kappa shape index (κ3) is 3.60. The summed E-state index contributed by atoms with van der Waals surface area (Å²) in [7, 11) is 0. The number of aryl methyl sites for hydroxylation is 1. The van der Waals surface area contributed by atoms with Gasteiger partial charge in [-0.3, -0.25) is 4.79 Å². The largest absolute Gasteiger partial charge is 0.508 e. The summed E-state index contributed by atoms with van der Waals surface area (Å²) in [5, 5.41) is 19.7. The number of aromatic hydroxyl groups is 1. The van der Waals surface area contributed by atoms with E-state index in [0.29, 0.717) is 17.4 Å². The van der Waals surface area contributed by atoms with Gasteiger partial charge < -0.3 is 9.51 Å². The second-order valence-corrected chi connectivity index (χ2v) is 9.51. The molecule has 0 radical (unpaired) electrons. The minimum atomic E-state index is -0.217. The molecule has 5 nitrogen and oxygen atoms in total. The number of hydrogen-bond acceptors (Lipinski definition) is 4. The van der Waals surface area contributed by atoms with E-state index in [1.54, 1.807) is 12.3 Å². The standard InChI is InChI=1S/C27H27N3O2/c1-27(17-28)10-7-18(8-11-27)23-4-2-3-19-13-22(32)5-6-24(19)26(23)20-9-12-30-15-21(16-31)29-25(30)14-20/h5-6,9,12-16,18,32H,2-4,7-8,10-11H2,1H3. The van der Waals surface area contributed by atoms with Crippen LogP contribution in [0.25, 0.3) is 11.2 Å². The van der Waals surface area contributed by atoms with Crippen LogP contribution >= 0.6 is 0 Å². The molecule has 5 heteroatoms. The van der Waals surface area contributed by atoms with E-state index in [1.165, 1.54) is 22.3 Å². The number of hydrogen-bond donors (Lipinski definition) is 1. The van der Waals surface area contributed by atoms with Crippen LogP contribution in [0.4, 0.5) is 0 Å². The molecule has 162 valence electrons. The highest BCUT2D eigenvalue weighted by Gasteiger charge is 2.34. The minimum absolute atomic E-state index is 0.217. The first-order valence-corrected chi connectivity index (χ1v) is 11.4. The number of pyridine rings is 1. The summed E-state index contributed by atoms with van der Waals surface area (Å²) in [5.74, 6) is 0.751. The van der Waals surface area contributed by atoms with Crippen molar-refractivity contribution < 1.29 is 9.90 Å². The fourth-order valence-corrected chi connectivity index (χ4v) is 5.48. The molecule has 0 aliphatic heterocycles. The minimum Gasteiger partial charge on any atom is -0.508 e. The quantitative estimate of drug-likeness (QED) is 0.545. The molecule has 1 saturated carbocycles. The molecule has 0 atom stereocenters. The van der Waals surface area contributed by atoms with Crippen molar-refractivity contribution in [2.45, 2.75) is 51.9 Å². The average Bonchev–Trinajstić information content (AvgIpc) is 3.13. The normalized spacial score (nSPS) is 23.4. The van der Waals surface area contributed by atoms with E-state index in [0.717, 1.165) is 62.4 Å². The first kappa shape index (κ1) is 20.5. The first-order chi connectivity index (χ1) is 15.5. The van der Waals surface area contributed by atoms with Crippen LogP contribution in [-0.2, 0) is 6.42 Å². The van der Waals surface area contributed by atoms with Crippen molar-refractivity contribution in [3.05, 3.63) is 70.7 Å². The second kappa shape index (κ2) is 7.94. The van der Waals surface area contributed by atoms with Gasteiger partial charge >= 0.3 is 0 Å². The summed E-state index contributed by atoms with van der Waals surface area (Å²) in [6.45, 7) is 2.08. The SMILES string of the molecule is CC1(C#N)CCC(C2=C(c3ccn4cc(C=O)nc4c3)c3ccc(O)cc3CCC2)CC1. The topological polar surface area (TPSA) is 78.4 Å². The van der Waals surface area contributed by atoms with Crippen LogP contribution in [0.3, 0.4) is 0 Å². The highest BCUT2D eigenvalue weighted by molar-refractivity contribution is 5.86. The molecular weight excluding hydrogens is 398 g/mol. The summed E-state index contributed by atoms with van der Waals surface area (Å²) < 4.78 is 1.88. The first-order valence-electron chi connectivity index (χ1n) is 11.4. The van der Waals surface area contributed by atoms with Gasteiger partial charge in [0, 0.05) is 12.4 Å². The number of aldehydes is 1. The Hall–Kier alpha value is -3.39. The molecule has 0 saturated heterocycles. The summed E-state index contributed by atoms with van der Waals surface area (Å²) in [5.41, 5.74) is 7.10. The molecule has 2 aliphatic rings. The maximum atomic E-state index is 11.2. The van der Waals surface area contributed by atoms with Crippen molar-refractivity contribution in [1.29, 1.82) is 5.26 Å². The Morgan fingerprint density at radius 1 is 1.22 bits per heavy atom. The molecule has 32 heavy (non-hydrogen) atoms. The van der Waals surface area contributed by atoms with Gasteiger partial charge in [-0.1, -0.05) is 11.6 Å². The van der Waals surface area contributed by atoms with Crippen molar-refractivity contribution in [1.82, 2.24) is 9.38 Å². The van der Waals surface area contributed by atoms with Crippen LogP contribution in [0.2, 0.25) is 0 Å². The lowest BCUT2D eigenvalue weighted by Gasteiger charge is -2.34. The van der Waals surface area contributed by atoms with Crippen LogP contribution in [0.5, 0.6) is 5.75 Å². The van der Waals surface area contributed by atoms with Gasteiger partial charge in [-0.05, 0) is 104 Å². The van der Waals surface area contributed by atoms with Crippen LogP contribution in [0.15, 0.2) is 48.3 Å². The van der Waals surface area contributed by atoms with Crippen LogP contribution < -0.4 is 0 Å². The van der Waals surface area contributed by atoms with Gasteiger partial charge in [-0.25, -0.2) is 4.98 Å². The van der Waals surface area contributed by atoms with E-state index < -0.39 is 0 Å². The van der Waals surface area contributed by atoms with Crippen LogP contribution in [0, 0.1) is 22.7 Å². The van der Waals surface area contributed by atoms with E-state index >= 15 is 0 Å². The zero-order valence-electron chi connectivity index (χ0n) is 18.3. The number of aromatic nitrogens is 2. The monoisotopic (exact) mass is 425 g/mol. The lowest BCUT2D eigenvalue weighted by Crippen LogP contribution is -2.24. The number of fused-ring (bicyclic) bond motifs is 2. The number of phenolic OH excluding ortho intramolecular Hbond substituents is 1. The third-order valence-corrected chi connectivity index (χ3v) is 7.31. The number of benzene rings is 1. The Bertz CT molecular complexity index is 1270. The number of carbonyl (C=O) groups excluding carboxylic acids is 1. The number of carbonyl (C=O) groups is 1. The summed E-state index contributed by atoms with van der Waals surface area (Å²) >= 11 is 0. The van der Waals surface area contributed by atoms with E-state index in [9.17, 15) is 15.2 Å². The zero-order chi connectivity index (χ0) is 22.3. The van der Waals surface area contributed by atoms with Crippen molar-refractivity contribution in [2.75, 3.05) is 0 Å². The van der Waals surface area contributed by atoms with Crippen molar-refractivity contribution in [3.63, 3.8) is 0 Å². The molecule has 0 bridgehead atoms. The van der Waals surface area contributed by atoms with E-state index in [2.05, 4.69) is 30.1 Å². The Morgan fingerprint density at radius 2 is 2.03 bits per heavy atom. The highest BCUT2D eigenvalue weighted by Crippen LogP contribution is 2.46. The lowest BCUT2D eigenvalue weighted by atomic mass is 9.69. The Morgan fingerprint density at radius 3 is 2.78 bits per heavy atom. The Balaban J connectivity index is 1.67. The predicted octanol–water partition coefficient (Wildman–Crippen LogP) is 5.71. The van der Waals surface area contributed by atoms with Gasteiger partial charge in [-0.2, -0.15) is 5.26 Å². The molecule has 3 aromatic rings. The maximum Gasteiger partial charge on any atom is 0.170 e. The number of allylic oxidation sites excluding steroid dienone is 1. The number of nitriles is 1. The molecule has 0 amide bonds. The van der Waals surface area contributed by atoms with Crippen LogP contribution in [0.1, 0.15) is 72.6 Å². The lowest BCUT2D eigenvalue weighted by molar-refractivity contribution is 0.111. The van der Waals surface area contributed by atoms with Gasteiger partial charge in [0.2, 0.25) is 0 Å². The molecule has 0 unspecified atom stereocenters. The van der Waals surface area contributed by atoms with Gasteiger partial charge in [0.1, 0.15) is 17.1 Å². The number of nitrogens with zero attached hydrogens (tertiary/aromatic N) is 3. The summed E-state index contributed by atoms with van der Waals surface area (Å²) in [4.78, 5) is 15.7. The maximum absolute atomic E-state index is 11.2. The molecule has 5 rings (SSSR count). The third-order valence-electron chi connectivity index (χ3n) is 7.31. The molecule has 2 heterocycles. The predicted molar refractivity (Wildman–Crippen MR) is 123 cm³/mol. The molecule has 2 aromatic heterocycles. The Labute approximate surface area is 188 Å². The summed E-state index contributed by atoms with van der Waals surface area (Å²) in [6.07, 6.45) is 11.4. The van der Waals surface area contributed by atoms with Gasteiger partial charge in [0.15, 0.2) is 6.29 Å². The van der Waals surface area contributed by atoms with Crippen molar-refractivity contribution >= 4 is 17.5 Å². The van der Waals surface area contributed by atoms with Crippen LogP contribution in [-0.4, -0.2) is 20.8 Å². The number of imidazole rings is 1. The average molecular weight is 426 g/mol. The van der Waals surface area contributed by atoms with E-state index in [4.69, 9.17) is 0 Å². The molecule has 0 spiro atoms. The van der Waals surface area contributed by atoms with Crippen molar-refractivity contribution in [3.8, 4) is 11.8 Å². The molecule has 1 fully saturated rings. The van der Waals surface area contributed by atoms with Gasteiger partial charge in [0.05, 0.1) is 11.5 Å². The summed E-state index contributed by atoms with van der Waals surface area (Å²) in [6, 6.07) is 12.4. The molecule has 2 aliphatic carbocycles. The smallest absolute Gasteiger partial charge is 0.170 e. The number of rotatable bonds is 3. The molecule has 1 N–H and O–H groups in total. The Kier molecular flexibility index (Phi) is 5.09. The van der Waals surface area contributed by atoms with E-state index in [1.807, 2.05) is 22.7 Å². The molecule has 1 aromatic carbocycles. The zero-order valence-corrected chi connectivity index (χ0v) is 18.3. The second-order valence-electron chi connectivity index (χ2n) is 9.51. The fourth-order valence-electron chi connectivity index (χ4n) is 5.48. The number of phenols is 1. The van der Waals surface area contributed by atoms with E-state index in [-0.39, 0.29) is 5.41 Å². The van der Waals surface area contributed by atoms with Gasteiger partial charge in [-0.15, -0.1) is 0 Å². The van der Waals surface area contributed by atoms with Crippen molar-refractivity contribution in [2.24, 2.45) is 11.3 Å². The molecular formula is C27H27N3O2.